The highest BCUT2D eigenvalue weighted by Crippen LogP contribution is 2.30. The SMILES string of the molecule is COc1cn(-c2ccccc2)nc1C(=O)Nc1cccc(N2C(=O)c3ccccc3C2=O)c1. The third-order valence-corrected chi connectivity index (χ3v) is 5.29. The molecule has 0 bridgehead atoms. The number of rotatable bonds is 5. The molecule has 0 saturated carbocycles. The topological polar surface area (TPSA) is 93.5 Å². The van der Waals surface area contributed by atoms with Crippen LogP contribution in [0.3, 0.4) is 0 Å². The number of hydrogen-bond acceptors (Lipinski definition) is 5. The molecule has 8 nitrogen and oxygen atoms in total. The summed E-state index contributed by atoms with van der Waals surface area (Å²) in [7, 11) is 1.46. The molecule has 8 heteroatoms. The second-order valence-electron chi connectivity index (χ2n) is 7.32. The lowest BCUT2D eigenvalue weighted by molar-refractivity contribution is 0.0925. The first-order chi connectivity index (χ1) is 16.1. The van der Waals surface area contributed by atoms with E-state index in [0.717, 1.165) is 10.6 Å². The van der Waals surface area contributed by atoms with E-state index in [1.165, 1.54) is 7.11 Å². The summed E-state index contributed by atoms with van der Waals surface area (Å²) in [4.78, 5) is 39.6. The van der Waals surface area contributed by atoms with Crippen LogP contribution in [-0.2, 0) is 0 Å². The Morgan fingerprint density at radius 1 is 0.848 bits per heavy atom. The third-order valence-electron chi connectivity index (χ3n) is 5.29. The molecule has 0 saturated heterocycles. The van der Waals surface area contributed by atoms with Crippen molar-refractivity contribution < 1.29 is 19.1 Å². The first-order valence-corrected chi connectivity index (χ1v) is 10.1. The van der Waals surface area contributed by atoms with Crippen LogP contribution in [0.4, 0.5) is 11.4 Å². The fraction of sp³-hybridized carbons (Fsp3) is 0.0400. The summed E-state index contributed by atoms with van der Waals surface area (Å²) in [5.74, 6) is -0.974. The molecular weight excluding hydrogens is 420 g/mol. The Morgan fingerprint density at radius 2 is 1.48 bits per heavy atom. The van der Waals surface area contributed by atoms with E-state index in [1.54, 1.807) is 59.4 Å². The second-order valence-corrected chi connectivity index (χ2v) is 7.32. The number of fused-ring (bicyclic) bond motifs is 1. The summed E-state index contributed by atoms with van der Waals surface area (Å²) in [5, 5.41) is 7.13. The van der Waals surface area contributed by atoms with Crippen molar-refractivity contribution in [2.45, 2.75) is 0 Å². The summed E-state index contributed by atoms with van der Waals surface area (Å²) >= 11 is 0. The average molecular weight is 438 g/mol. The fourth-order valence-corrected chi connectivity index (χ4v) is 3.71. The zero-order valence-corrected chi connectivity index (χ0v) is 17.6. The Morgan fingerprint density at radius 3 is 2.15 bits per heavy atom. The van der Waals surface area contributed by atoms with Gasteiger partial charge in [0.05, 0.1) is 35.8 Å². The van der Waals surface area contributed by atoms with Crippen molar-refractivity contribution in [2.24, 2.45) is 0 Å². The molecule has 1 aliphatic heterocycles. The number of methoxy groups -OCH3 is 1. The van der Waals surface area contributed by atoms with Crippen molar-refractivity contribution in [1.29, 1.82) is 0 Å². The van der Waals surface area contributed by atoms with Gasteiger partial charge in [-0.2, -0.15) is 5.10 Å². The molecule has 0 radical (unpaired) electrons. The lowest BCUT2D eigenvalue weighted by Gasteiger charge is -2.15. The number of carbonyl (C=O) groups is 3. The third kappa shape index (κ3) is 3.53. The van der Waals surface area contributed by atoms with Crippen LogP contribution in [0.5, 0.6) is 5.75 Å². The van der Waals surface area contributed by atoms with Gasteiger partial charge < -0.3 is 10.1 Å². The molecule has 3 amide bonds. The van der Waals surface area contributed by atoms with Gasteiger partial charge >= 0.3 is 0 Å². The number of amides is 3. The van der Waals surface area contributed by atoms with Crippen molar-refractivity contribution in [2.75, 3.05) is 17.3 Å². The van der Waals surface area contributed by atoms with Gasteiger partial charge in [-0.05, 0) is 42.5 Å². The standard InChI is InChI=1S/C25H18N4O4/c1-33-21-15-28(17-9-3-2-4-10-17)27-22(21)23(30)26-16-8-7-11-18(14-16)29-24(31)19-12-5-6-13-20(19)25(29)32/h2-15H,1H3,(H,26,30). The molecule has 4 aromatic rings. The van der Waals surface area contributed by atoms with Crippen LogP contribution in [0.2, 0.25) is 0 Å². The molecule has 1 N–H and O–H groups in total. The number of anilines is 2. The Balaban J connectivity index is 1.41. The molecule has 0 unspecified atom stereocenters. The number of carbonyl (C=O) groups excluding carboxylic acids is 3. The van der Waals surface area contributed by atoms with Gasteiger partial charge in [0.25, 0.3) is 17.7 Å². The fourth-order valence-electron chi connectivity index (χ4n) is 3.71. The van der Waals surface area contributed by atoms with Gasteiger partial charge in [-0.15, -0.1) is 0 Å². The van der Waals surface area contributed by atoms with E-state index in [2.05, 4.69) is 10.4 Å². The summed E-state index contributed by atoms with van der Waals surface area (Å²) < 4.78 is 6.89. The van der Waals surface area contributed by atoms with Crippen LogP contribution >= 0.6 is 0 Å². The first-order valence-electron chi connectivity index (χ1n) is 10.1. The number of nitrogens with one attached hydrogen (secondary N) is 1. The molecule has 5 rings (SSSR count). The van der Waals surface area contributed by atoms with Gasteiger partial charge in [-0.3, -0.25) is 14.4 Å². The van der Waals surface area contributed by atoms with E-state index >= 15 is 0 Å². The first kappa shape index (κ1) is 20.2. The summed E-state index contributed by atoms with van der Waals surface area (Å²) in [5.41, 5.74) is 2.36. The van der Waals surface area contributed by atoms with Crippen molar-refractivity contribution in [3.63, 3.8) is 0 Å². The van der Waals surface area contributed by atoms with E-state index in [4.69, 9.17) is 4.74 Å². The van der Waals surface area contributed by atoms with E-state index in [9.17, 15) is 14.4 Å². The summed E-state index contributed by atoms with van der Waals surface area (Å²) in [6, 6.07) is 22.6. The number of benzene rings is 3. The minimum absolute atomic E-state index is 0.104. The van der Waals surface area contributed by atoms with Crippen LogP contribution in [-0.4, -0.2) is 34.6 Å². The highest BCUT2D eigenvalue weighted by Gasteiger charge is 2.36. The molecule has 2 heterocycles. The zero-order chi connectivity index (χ0) is 22.9. The van der Waals surface area contributed by atoms with E-state index in [-0.39, 0.29) is 5.69 Å². The minimum atomic E-state index is -0.485. The van der Waals surface area contributed by atoms with Gasteiger partial charge in [-0.1, -0.05) is 36.4 Å². The normalized spacial score (nSPS) is 12.6. The molecular formula is C25H18N4O4. The van der Waals surface area contributed by atoms with Gasteiger partial charge in [-0.25, -0.2) is 9.58 Å². The Hall–Kier alpha value is -4.72. The molecule has 1 aliphatic rings. The lowest BCUT2D eigenvalue weighted by atomic mass is 10.1. The highest BCUT2D eigenvalue weighted by atomic mass is 16.5. The van der Waals surface area contributed by atoms with Crippen LogP contribution < -0.4 is 15.0 Å². The monoisotopic (exact) mass is 438 g/mol. The Kier molecular flexibility index (Phi) is 4.95. The molecule has 162 valence electrons. The minimum Gasteiger partial charge on any atom is -0.493 e. The number of para-hydroxylation sites is 1. The maximum Gasteiger partial charge on any atom is 0.280 e. The van der Waals surface area contributed by atoms with Gasteiger partial charge in [0.1, 0.15) is 0 Å². The van der Waals surface area contributed by atoms with Crippen molar-refractivity contribution >= 4 is 29.1 Å². The van der Waals surface area contributed by atoms with Crippen molar-refractivity contribution in [3.05, 3.63) is 102 Å². The zero-order valence-electron chi connectivity index (χ0n) is 17.6. The van der Waals surface area contributed by atoms with Gasteiger partial charge in [0.2, 0.25) is 0 Å². The van der Waals surface area contributed by atoms with E-state index in [0.29, 0.717) is 28.3 Å². The quantitative estimate of drug-likeness (QED) is 0.477. The number of hydrogen-bond donors (Lipinski definition) is 1. The number of ether oxygens (including phenoxy) is 1. The molecule has 0 spiro atoms. The van der Waals surface area contributed by atoms with Crippen LogP contribution in [0.15, 0.2) is 85.1 Å². The van der Waals surface area contributed by atoms with Crippen LogP contribution in [0.25, 0.3) is 5.69 Å². The smallest absolute Gasteiger partial charge is 0.280 e. The molecule has 0 aliphatic carbocycles. The Bertz CT molecular complexity index is 1360. The lowest BCUT2D eigenvalue weighted by Crippen LogP contribution is -2.29. The predicted molar refractivity (Wildman–Crippen MR) is 122 cm³/mol. The summed E-state index contributed by atoms with van der Waals surface area (Å²) in [6.45, 7) is 0. The average Bonchev–Trinajstić information content (AvgIpc) is 3.39. The van der Waals surface area contributed by atoms with Crippen LogP contribution in [0.1, 0.15) is 31.2 Å². The highest BCUT2D eigenvalue weighted by molar-refractivity contribution is 6.34. The van der Waals surface area contributed by atoms with Crippen LogP contribution in [0, 0.1) is 0 Å². The molecule has 33 heavy (non-hydrogen) atoms. The van der Waals surface area contributed by atoms with Crippen molar-refractivity contribution in [1.82, 2.24) is 9.78 Å². The maximum atomic E-state index is 13.0. The largest absolute Gasteiger partial charge is 0.493 e. The number of imide groups is 1. The maximum absolute atomic E-state index is 13.0. The molecule has 1 aromatic heterocycles. The number of nitrogens with zero attached hydrogens (tertiary/aromatic N) is 3. The summed E-state index contributed by atoms with van der Waals surface area (Å²) in [6.07, 6.45) is 1.62. The molecule has 0 fully saturated rings. The van der Waals surface area contributed by atoms with Gasteiger partial charge in [0, 0.05) is 5.69 Å². The van der Waals surface area contributed by atoms with E-state index in [1.807, 2.05) is 30.3 Å². The molecule has 3 aromatic carbocycles. The predicted octanol–water partition coefficient (Wildman–Crippen LogP) is 3.93. The van der Waals surface area contributed by atoms with Crippen molar-refractivity contribution in [3.8, 4) is 11.4 Å². The Labute approximate surface area is 189 Å². The second kappa shape index (κ2) is 8.08. The van der Waals surface area contributed by atoms with E-state index < -0.39 is 17.7 Å². The van der Waals surface area contributed by atoms with Gasteiger partial charge in [0.15, 0.2) is 11.4 Å². The molecule has 0 atom stereocenters. The number of aromatic nitrogens is 2.